The molecular formula is C20H18N2O3S. The van der Waals surface area contributed by atoms with Gasteiger partial charge in [0.05, 0.1) is 11.6 Å². The monoisotopic (exact) mass is 366 g/mol. The number of rotatable bonds is 4. The van der Waals surface area contributed by atoms with Gasteiger partial charge in [0.2, 0.25) is 0 Å². The zero-order chi connectivity index (χ0) is 18.7. The van der Waals surface area contributed by atoms with Crippen LogP contribution in [0.5, 0.6) is 5.75 Å². The molecule has 26 heavy (non-hydrogen) atoms. The summed E-state index contributed by atoms with van der Waals surface area (Å²) < 4.78 is 5.38. The highest BCUT2D eigenvalue weighted by molar-refractivity contribution is 7.80. The summed E-state index contributed by atoms with van der Waals surface area (Å²) in [7, 11) is 0. The SMILES string of the molecule is CC(=O)C1=C(C)NC(=S)NC1c1ccc(OC(=O)c2ccccc2)cc1. The Bertz CT molecular complexity index is 889. The summed E-state index contributed by atoms with van der Waals surface area (Å²) in [6.45, 7) is 3.35. The number of ether oxygens (including phenoxy) is 1. The van der Waals surface area contributed by atoms with Gasteiger partial charge in [-0.15, -0.1) is 0 Å². The number of hydrogen-bond acceptors (Lipinski definition) is 4. The summed E-state index contributed by atoms with van der Waals surface area (Å²) >= 11 is 5.20. The highest BCUT2D eigenvalue weighted by Crippen LogP contribution is 2.28. The highest BCUT2D eigenvalue weighted by atomic mass is 32.1. The van der Waals surface area contributed by atoms with Gasteiger partial charge in [-0.05, 0) is 55.9 Å². The largest absolute Gasteiger partial charge is 0.423 e. The molecule has 2 N–H and O–H groups in total. The molecule has 1 aliphatic heterocycles. The van der Waals surface area contributed by atoms with Crippen LogP contribution in [0.4, 0.5) is 0 Å². The van der Waals surface area contributed by atoms with Gasteiger partial charge in [0.15, 0.2) is 10.9 Å². The van der Waals surface area contributed by atoms with Crippen LogP contribution in [0.15, 0.2) is 65.9 Å². The first-order valence-electron chi connectivity index (χ1n) is 8.12. The molecule has 0 saturated heterocycles. The number of thiocarbonyl (C=S) groups is 1. The number of esters is 1. The molecule has 3 rings (SSSR count). The van der Waals surface area contributed by atoms with Gasteiger partial charge in [-0.2, -0.15) is 0 Å². The van der Waals surface area contributed by atoms with Crippen molar-refractivity contribution in [3.8, 4) is 5.75 Å². The van der Waals surface area contributed by atoms with Crippen LogP contribution < -0.4 is 15.4 Å². The van der Waals surface area contributed by atoms with Gasteiger partial charge in [0.1, 0.15) is 5.75 Å². The smallest absolute Gasteiger partial charge is 0.343 e. The van der Waals surface area contributed by atoms with E-state index in [0.29, 0.717) is 22.0 Å². The lowest BCUT2D eigenvalue weighted by Crippen LogP contribution is -2.44. The van der Waals surface area contributed by atoms with Crippen molar-refractivity contribution < 1.29 is 14.3 Å². The predicted molar refractivity (Wildman–Crippen MR) is 103 cm³/mol. The van der Waals surface area contributed by atoms with Gasteiger partial charge >= 0.3 is 5.97 Å². The number of hydrogen-bond donors (Lipinski definition) is 2. The first kappa shape index (κ1) is 17.8. The van der Waals surface area contributed by atoms with Crippen LogP contribution >= 0.6 is 12.2 Å². The Morgan fingerprint density at radius 3 is 2.31 bits per heavy atom. The second kappa shape index (κ2) is 7.49. The molecule has 1 unspecified atom stereocenters. The molecule has 1 aliphatic rings. The van der Waals surface area contributed by atoms with E-state index in [1.807, 2.05) is 25.1 Å². The first-order valence-corrected chi connectivity index (χ1v) is 8.53. The van der Waals surface area contributed by atoms with Crippen LogP contribution in [0, 0.1) is 0 Å². The van der Waals surface area contributed by atoms with Crippen molar-refractivity contribution in [3.05, 3.63) is 77.0 Å². The van der Waals surface area contributed by atoms with Crippen molar-refractivity contribution in [2.75, 3.05) is 0 Å². The highest BCUT2D eigenvalue weighted by Gasteiger charge is 2.27. The van der Waals surface area contributed by atoms with Crippen LogP contribution in [0.2, 0.25) is 0 Å². The van der Waals surface area contributed by atoms with Gasteiger partial charge < -0.3 is 15.4 Å². The molecule has 0 aromatic heterocycles. The maximum absolute atomic E-state index is 12.1. The van der Waals surface area contributed by atoms with Crippen molar-refractivity contribution >= 4 is 29.1 Å². The number of carbonyl (C=O) groups is 2. The van der Waals surface area contributed by atoms with Crippen molar-refractivity contribution in [2.45, 2.75) is 19.9 Å². The van der Waals surface area contributed by atoms with Gasteiger partial charge in [0, 0.05) is 11.3 Å². The van der Waals surface area contributed by atoms with Crippen LogP contribution in [0.25, 0.3) is 0 Å². The van der Waals surface area contributed by atoms with Gasteiger partial charge in [-0.1, -0.05) is 30.3 Å². The zero-order valence-electron chi connectivity index (χ0n) is 14.4. The second-order valence-corrected chi connectivity index (χ2v) is 6.36. The van der Waals surface area contributed by atoms with Crippen molar-refractivity contribution in [1.29, 1.82) is 0 Å². The van der Waals surface area contributed by atoms with Gasteiger partial charge in [-0.25, -0.2) is 4.79 Å². The minimum absolute atomic E-state index is 0.0328. The van der Waals surface area contributed by atoms with Crippen LogP contribution in [-0.2, 0) is 4.79 Å². The molecule has 132 valence electrons. The van der Waals surface area contributed by atoms with Crippen LogP contribution in [0.1, 0.15) is 35.8 Å². The fourth-order valence-electron chi connectivity index (χ4n) is 2.88. The Labute approximate surface area is 157 Å². The summed E-state index contributed by atoms with van der Waals surface area (Å²) in [5.41, 5.74) is 2.72. The maximum atomic E-state index is 12.1. The molecule has 2 aromatic rings. The molecule has 1 heterocycles. The van der Waals surface area contributed by atoms with Crippen LogP contribution in [0.3, 0.4) is 0 Å². The van der Waals surface area contributed by atoms with Crippen molar-refractivity contribution in [1.82, 2.24) is 10.6 Å². The summed E-state index contributed by atoms with van der Waals surface area (Å²) in [4.78, 5) is 24.1. The molecule has 6 heteroatoms. The van der Waals surface area contributed by atoms with E-state index in [1.54, 1.807) is 36.4 Å². The fourth-order valence-corrected chi connectivity index (χ4v) is 3.15. The first-order chi connectivity index (χ1) is 12.5. The average Bonchev–Trinajstić information content (AvgIpc) is 2.62. The third-order valence-corrected chi connectivity index (χ3v) is 4.30. The van der Waals surface area contributed by atoms with E-state index < -0.39 is 5.97 Å². The van der Waals surface area contributed by atoms with E-state index in [1.165, 1.54) is 6.92 Å². The molecule has 0 radical (unpaired) electrons. The minimum atomic E-state index is -0.417. The molecule has 0 aliphatic carbocycles. The maximum Gasteiger partial charge on any atom is 0.343 e. The third-order valence-electron chi connectivity index (χ3n) is 4.08. The van der Waals surface area contributed by atoms with Gasteiger partial charge in [0.25, 0.3) is 0 Å². The normalized spacial score (nSPS) is 16.5. The molecule has 0 spiro atoms. The average molecular weight is 366 g/mol. The predicted octanol–water partition coefficient (Wildman–Crippen LogP) is 3.29. The molecule has 0 fully saturated rings. The molecule has 0 amide bonds. The molecule has 5 nitrogen and oxygen atoms in total. The lowest BCUT2D eigenvalue weighted by atomic mass is 9.93. The Morgan fingerprint density at radius 2 is 1.69 bits per heavy atom. The van der Waals surface area contributed by atoms with E-state index in [2.05, 4.69) is 10.6 Å². The van der Waals surface area contributed by atoms with Crippen molar-refractivity contribution in [3.63, 3.8) is 0 Å². The molecular weight excluding hydrogens is 348 g/mol. The molecule has 0 saturated carbocycles. The lowest BCUT2D eigenvalue weighted by molar-refractivity contribution is -0.114. The number of nitrogens with one attached hydrogen (secondary N) is 2. The number of ketones is 1. The second-order valence-electron chi connectivity index (χ2n) is 5.95. The van der Waals surface area contributed by atoms with Gasteiger partial charge in [-0.3, -0.25) is 4.79 Å². The van der Waals surface area contributed by atoms with Crippen LogP contribution in [-0.4, -0.2) is 16.9 Å². The molecule has 2 aromatic carbocycles. The van der Waals surface area contributed by atoms with E-state index in [9.17, 15) is 9.59 Å². The standard InChI is InChI=1S/C20H18N2O3S/c1-12-17(13(2)23)18(22-20(26)21-12)14-8-10-16(11-9-14)25-19(24)15-6-4-3-5-7-15/h3-11,18H,1-2H3,(H2,21,22,26). The molecule has 0 bridgehead atoms. The zero-order valence-corrected chi connectivity index (χ0v) is 15.2. The minimum Gasteiger partial charge on any atom is -0.423 e. The third kappa shape index (κ3) is 3.81. The Morgan fingerprint density at radius 1 is 1.04 bits per heavy atom. The quantitative estimate of drug-likeness (QED) is 0.492. The summed E-state index contributed by atoms with van der Waals surface area (Å²) in [6, 6.07) is 15.5. The number of allylic oxidation sites excluding steroid dienone is 1. The fraction of sp³-hybridized carbons (Fsp3) is 0.150. The summed E-state index contributed by atoms with van der Waals surface area (Å²) in [6.07, 6.45) is 0. The van der Waals surface area contributed by atoms with E-state index in [0.717, 1.165) is 11.3 Å². The summed E-state index contributed by atoms with van der Waals surface area (Å²) in [5, 5.41) is 6.56. The van der Waals surface area contributed by atoms with E-state index in [4.69, 9.17) is 17.0 Å². The van der Waals surface area contributed by atoms with Crippen molar-refractivity contribution in [2.24, 2.45) is 0 Å². The van der Waals surface area contributed by atoms with E-state index >= 15 is 0 Å². The lowest BCUT2D eigenvalue weighted by Gasteiger charge is -2.29. The Kier molecular flexibility index (Phi) is 5.14. The number of carbonyl (C=O) groups excluding carboxylic acids is 2. The Hall–Kier alpha value is -2.99. The number of Topliss-reactive ketones (excluding diaryl/α,β-unsaturated/α-hetero) is 1. The van der Waals surface area contributed by atoms with E-state index in [-0.39, 0.29) is 11.8 Å². The topological polar surface area (TPSA) is 67.4 Å². The summed E-state index contributed by atoms with van der Waals surface area (Å²) in [5.74, 6) is -0.0153. The number of benzene rings is 2. The molecule has 1 atom stereocenters. The Balaban J connectivity index is 1.81.